The normalized spacial score (nSPS) is 14.6. The van der Waals surface area contributed by atoms with Crippen LogP contribution in [0, 0.1) is 5.92 Å². The Morgan fingerprint density at radius 1 is 1.42 bits per heavy atom. The summed E-state index contributed by atoms with van der Waals surface area (Å²) in [4.78, 5) is 11.1. The van der Waals surface area contributed by atoms with E-state index in [1.165, 1.54) is 0 Å². The predicted molar refractivity (Wildman–Crippen MR) is 58.5 cm³/mol. The van der Waals surface area contributed by atoms with E-state index < -0.39 is 8.37 Å². The van der Waals surface area contributed by atoms with Crippen LogP contribution >= 0.6 is 47.8 Å². The average Bonchev–Trinajstić information content (AvgIpc) is 1.85. The summed E-state index contributed by atoms with van der Waals surface area (Å²) in [5.74, 6) is -0.347. The van der Waals surface area contributed by atoms with Gasteiger partial charge in [-0.05, 0) is 0 Å². The van der Waals surface area contributed by atoms with Gasteiger partial charge in [-0.3, -0.25) is 4.79 Å². The molecular weight excluding hydrogens is 358 g/mol. The van der Waals surface area contributed by atoms with Gasteiger partial charge in [0.1, 0.15) is 0 Å². The molecule has 3 nitrogen and oxygen atoms in total. The van der Waals surface area contributed by atoms with Crippen molar-refractivity contribution in [2.24, 2.45) is 5.92 Å². The molecule has 2 N–H and O–H groups in total. The van der Waals surface area contributed by atoms with E-state index in [1.807, 2.05) is 0 Å². The van der Waals surface area contributed by atoms with Crippen molar-refractivity contribution in [3.8, 4) is 0 Å². The van der Waals surface area contributed by atoms with Crippen LogP contribution in [0.2, 0.25) is 0 Å². The molecule has 0 aliphatic rings. The zero-order chi connectivity index (χ0) is 9.94. The molecule has 0 aromatic rings. The molecule has 0 aliphatic carbocycles. The largest absolute Gasteiger partial charge is 0.370 e. The Morgan fingerprint density at radius 3 is 2.08 bits per heavy atom. The Kier molecular flexibility index (Phi) is 5.29. The Balaban J connectivity index is 4.02. The summed E-state index contributed by atoms with van der Waals surface area (Å²) < 4.78 is -0.864. The number of alkyl halides is 3. The molecule has 0 heterocycles. The van der Waals surface area contributed by atoms with Crippen molar-refractivity contribution in [1.29, 1.82) is 0 Å². The molecule has 0 radical (unpaired) electrons. The first kappa shape index (κ1) is 12.9. The van der Waals surface area contributed by atoms with Gasteiger partial charge in [0, 0.05) is 5.92 Å². The van der Waals surface area contributed by atoms with Crippen LogP contribution in [0.1, 0.15) is 13.8 Å². The third kappa shape index (κ3) is 4.79. The van der Waals surface area contributed by atoms with E-state index in [4.69, 9.17) is 0 Å². The van der Waals surface area contributed by atoms with Gasteiger partial charge in [-0.2, -0.15) is 0 Å². The first-order valence-corrected chi connectivity index (χ1v) is 5.68. The predicted octanol–water partition coefficient (Wildman–Crippen LogP) is 1.92. The molecule has 0 rings (SSSR count). The van der Waals surface area contributed by atoms with Gasteiger partial charge in [-0.25, -0.2) is 0 Å². The van der Waals surface area contributed by atoms with Crippen LogP contribution in [0.3, 0.4) is 0 Å². The van der Waals surface area contributed by atoms with Gasteiger partial charge in [-0.15, -0.1) is 0 Å². The van der Waals surface area contributed by atoms with Crippen LogP contribution in [-0.2, 0) is 4.79 Å². The third-order valence-electron chi connectivity index (χ3n) is 1.11. The number of amides is 1. The second kappa shape index (κ2) is 4.93. The van der Waals surface area contributed by atoms with Gasteiger partial charge < -0.3 is 10.4 Å². The van der Waals surface area contributed by atoms with Gasteiger partial charge >= 0.3 is 0 Å². The topological polar surface area (TPSA) is 49.3 Å². The van der Waals surface area contributed by atoms with Crippen molar-refractivity contribution < 1.29 is 9.90 Å². The summed E-state index contributed by atoms with van der Waals surface area (Å²) in [6.45, 7) is 3.50. The van der Waals surface area contributed by atoms with Crippen LogP contribution in [0.25, 0.3) is 0 Å². The van der Waals surface area contributed by atoms with Gasteiger partial charge in [0.25, 0.3) is 0 Å². The quantitative estimate of drug-likeness (QED) is 0.578. The highest BCUT2D eigenvalue weighted by molar-refractivity contribution is 9.39. The van der Waals surface area contributed by atoms with Gasteiger partial charge in [-0.1, -0.05) is 61.6 Å². The van der Waals surface area contributed by atoms with Gasteiger partial charge in [0.05, 0.1) is 0 Å². The van der Waals surface area contributed by atoms with E-state index in [0.29, 0.717) is 0 Å². The summed E-state index contributed by atoms with van der Waals surface area (Å²) in [6, 6.07) is 0. The lowest BCUT2D eigenvalue weighted by atomic mass is 10.2. The molecular formula is C6H10Br3NO2. The number of rotatable bonds is 2. The summed E-state index contributed by atoms with van der Waals surface area (Å²) in [5, 5.41) is 11.7. The van der Waals surface area contributed by atoms with Crippen LogP contribution < -0.4 is 5.32 Å². The maximum absolute atomic E-state index is 11.1. The number of halogens is 3. The lowest BCUT2D eigenvalue weighted by Crippen LogP contribution is -2.44. The summed E-state index contributed by atoms with van der Waals surface area (Å²) >= 11 is 9.27. The van der Waals surface area contributed by atoms with Crippen molar-refractivity contribution in [2.75, 3.05) is 0 Å². The maximum Gasteiger partial charge on any atom is 0.224 e. The minimum absolute atomic E-state index is 0.144. The number of hydrogen-bond donors (Lipinski definition) is 2. The van der Waals surface area contributed by atoms with Gasteiger partial charge in [0.15, 0.2) is 8.37 Å². The van der Waals surface area contributed by atoms with E-state index in [2.05, 4.69) is 53.1 Å². The van der Waals surface area contributed by atoms with E-state index >= 15 is 0 Å². The Bertz CT molecular complexity index is 167. The van der Waals surface area contributed by atoms with Crippen LogP contribution in [0.4, 0.5) is 0 Å². The standard InChI is InChI=1S/C6H10Br3NO2/c1-3(2)4(11)10-5(12)6(7,8)9/h3,5,12H,1-2H3,(H,10,11)/t5-/m1/s1. The smallest absolute Gasteiger partial charge is 0.224 e. The SMILES string of the molecule is CC(C)C(=O)N[C@H](O)C(Br)(Br)Br. The van der Waals surface area contributed by atoms with E-state index in [0.717, 1.165) is 0 Å². The fraction of sp³-hybridized carbons (Fsp3) is 0.833. The van der Waals surface area contributed by atoms with E-state index in [1.54, 1.807) is 13.8 Å². The fourth-order valence-electron chi connectivity index (χ4n) is 0.383. The summed E-state index contributed by atoms with van der Waals surface area (Å²) in [5.41, 5.74) is 0. The molecule has 0 saturated carbocycles. The van der Waals surface area contributed by atoms with E-state index in [9.17, 15) is 9.90 Å². The number of aliphatic hydroxyl groups excluding tert-OH is 1. The molecule has 0 fully saturated rings. The van der Waals surface area contributed by atoms with Crippen LogP contribution in [0.5, 0.6) is 0 Å². The molecule has 1 atom stereocenters. The highest BCUT2D eigenvalue weighted by atomic mass is 80.0. The zero-order valence-corrected chi connectivity index (χ0v) is 11.4. The summed E-state index contributed by atoms with van der Waals surface area (Å²) in [6.07, 6.45) is -1.02. The molecule has 12 heavy (non-hydrogen) atoms. The maximum atomic E-state index is 11.1. The minimum Gasteiger partial charge on any atom is -0.370 e. The molecule has 6 heteroatoms. The molecule has 0 spiro atoms. The number of nitrogens with one attached hydrogen (secondary N) is 1. The molecule has 72 valence electrons. The van der Waals surface area contributed by atoms with Gasteiger partial charge in [0.2, 0.25) is 5.91 Å². The fourth-order valence-corrected chi connectivity index (χ4v) is 0.727. The third-order valence-corrected chi connectivity index (χ3v) is 2.41. The number of carbonyl (C=O) groups excluding carboxylic acids is 1. The Hall–Kier alpha value is 0.870. The molecule has 0 aromatic heterocycles. The van der Waals surface area contributed by atoms with Crippen molar-refractivity contribution in [2.45, 2.75) is 22.2 Å². The second-order valence-electron chi connectivity index (χ2n) is 2.61. The number of hydrogen-bond acceptors (Lipinski definition) is 2. The molecule has 0 bridgehead atoms. The lowest BCUT2D eigenvalue weighted by molar-refractivity contribution is -0.126. The highest BCUT2D eigenvalue weighted by Gasteiger charge is 2.30. The summed E-state index contributed by atoms with van der Waals surface area (Å²) in [7, 11) is 0. The monoisotopic (exact) mass is 365 g/mol. The lowest BCUT2D eigenvalue weighted by Gasteiger charge is -2.21. The van der Waals surface area contributed by atoms with Crippen molar-refractivity contribution in [3.63, 3.8) is 0 Å². The molecule has 0 unspecified atom stereocenters. The molecule has 0 aliphatic heterocycles. The zero-order valence-electron chi connectivity index (χ0n) is 6.64. The number of aliphatic hydroxyl groups is 1. The average molecular weight is 368 g/mol. The molecule has 0 aromatic carbocycles. The molecule has 1 amide bonds. The van der Waals surface area contributed by atoms with Crippen LogP contribution in [0.15, 0.2) is 0 Å². The second-order valence-corrected chi connectivity index (χ2v) is 9.55. The first-order valence-electron chi connectivity index (χ1n) is 3.30. The van der Waals surface area contributed by atoms with Crippen molar-refractivity contribution in [1.82, 2.24) is 5.32 Å². The first-order chi connectivity index (χ1) is 5.25. The van der Waals surface area contributed by atoms with Crippen molar-refractivity contribution >= 4 is 53.7 Å². The number of carbonyl (C=O) groups is 1. The Morgan fingerprint density at radius 2 is 1.83 bits per heavy atom. The highest BCUT2D eigenvalue weighted by Crippen LogP contribution is 2.35. The Labute approximate surface area is 96.7 Å². The van der Waals surface area contributed by atoms with Crippen molar-refractivity contribution in [3.05, 3.63) is 0 Å². The van der Waals surface area contributed by atoms with E-state index in [-0.39, 0.29) is 11.8 Å². The molecule has 0 saturated heterocycles. The van der Waals surface area contributed by atoms with Crippen LogP contribution in [-0.4, -0.2) is 19.4 Å². The minimum atomic E-state index is -1.02.